The zero-order chi connectivity index (χ0) is 22.4. The molecule has 1 aliphatic carbocycles. The standard InChI is InChI=1S/C22H24ClN3O6/c23-13-8-26(19-15(27)9-32-20(13)19)22(30)18(11-3-1-2-4-11)25-21(29)12-5-6-14-16(7-12)31-10-17(28)24-14/h5-7,11,13,18-20H,1-4,8-10H2,(H,24,28)(H,25,29)/t13-,18-,19+,20+/m0/s1. The van der Waals surface area contributed by atoms with Crippen LogP contribution < -0.4 is 15.4 Å². The number of carbonyl (C=O) groups is 4. The number of anilines is 1. The molecule has 10 heteroatoms. The van der Waals surface area contributed by atoms with E-state index in [-0.39, 0.29) is 43.3 Å². The summed E-state index contributed by atoms with van der Waals surface area (Å²) in [5.74, 6) is -0.716. The lowest BCUT2D eigenvalue weighted by Crippen LogP contribution is -2.54. The van der Waals surface area contributed by atoms with E-state index in [2.05, 4.69) is 10.6 Å². The maximum absolute atomic E-state index is 13.6. The molecule has 3 fully saturated rings. The maximum atomic E-state index is 13.6. The van der Waals surface area contributed by atoms with Crippen LogP contribution in [0.25, 0.3) is 0 Å². The Morgan fingerprint density at radius 1 is 1.19 bits per heavy atom. The number of nitrogens with one attached hydrogen (secondary N) is 2. The minimum Gasteiger partial charge on any atom is -0.482 e. The molecule has 4 aliphatic rings. The number of hydrogen-bond acceptors (Lipinski definition) is 6. The van der Waals surface area contributed by atoms with Crippen LogP contribution in [0.15, 0.2) is 18.2 Å². The summed E-state index contributed by atoms with van der Waals surface area (Å²) in [7, 11) is 0. The molecule has 0 unspecified atom stereocenters. The van der Waals surface area contributed by atoms with Crippen molar-refractivity contribution in [3.8, 4) is 5.75 Å². The van der Waals surface area contributed by atoms with Crippen LogP contribution in [0.4, 0.5) is 5.69 Å². The van der Waals surface area contributed by atoms with Gasteiger partial charge in [0.15, 0.2) is 12.4 Å². The fourth-order valence-electron chi connectivity index (χ4n) is 5.11. The van der Waals surface area contributed by atoms with Gasteiger partial charge in [-0.3, -0.25) is 19.2 Å². The fourth-order valence-corrected chi connectivity index (χ4v) is 5.47. The van der Waals surface area contributed by atoms with Crippen molar-refractivity contribution in [2.75, 3.05) is 25.1 Å². The third-order valence-electron chi connectivity index (χ3n) is 6.71. The van der Waals surface area contributed by atoms with Gasteiger partial charge in [-0.25, -0.2) is 0 Å². The van der Waals surface area contributed by atoms with Crippen LogP contribution in [-0.4, -0.2) is 71.7 Å². The van der Waals surface area contributed by atoms with Gasteiger partial charge in [0.1, 0.15) is 30.5 Å². The largest absolute Gasteiger partial charge is 0.482 e. The summed E-state index contributed by atoms with van der Waals surface area (Å²) in [6, 6.07) is 3.29. The van der Waals surface area contributed by atoms with Crippen LogP contribution >= 0.6 is 11.6 Å². The van der Waals surface area contributed by atoms with Crippen molar-refractivity contribution < 1.29 is 28.7 Å². The Bertz CT molecular complexity index is 978. The Hall–Kier alpha value is -2.65. The highest BCUT2D eigenvalue weighted by molar-refractivity contribution is 6.22. The zero-order valence-corrected chi connectivity index (χ0v) is 18.1. The molecule has 32 heavy (non-hydrogen) atoms. The van der Waals surface area contributed by atoms with Gasteiger partial charge in [0.05, 0.1) is 11.1 Å². The van der Waals surface area contributed by atoms with Crippen LogP contribution in [0.2, 0.25) is 0 Å². The van der Waals surface area contributed by atoms with Crippen molar-refractivity contribution in [3.05, 3.63) is 23.8 Å². The zero-order valence-electron chi connectivity index (χ0n) is 17.3. The van der Waals surface area contributed by atoms with Gasteiger partial charge in [-0.1, -0.05) is 12.8 Å². The number of ether oxygens (including phenoxy) is 2. The van der Waals surface area contributed by atoms with Gasteiger partial charge in [-0.2, -0.15) is 0 Å². The van der Waals surface area contributed by atoms with Crippen LogP contribution in [0.3, 0.4) is 0 Å². The van der Waals surface area contributed by atoms with Gasteiger partial charge in [0, 0.05) is 12.1 Å². The molecule has 0 radical (unpaired) electrons. The lowest BCUT2D eigenvalue weighted by atomic mass is 9.95. The van der Waals surface area contributed by atoms with Crippen LogP contribution in [0.5, 0.6) is 5.75 Å². The predicted molar refractivity (Wildman–Crippen MR) is 114 cm³/mol. The van der Waals surface area contributed by atoms with E-state index in [1.54, 1.807) is 18.2 Å². The first-order valence-electron chi connectivity index (χ1n) is 10.9. The highest BCUT2D eigenvalue weighted by Gasteiger charge is 2.53. The van der Waals surface area contributed by atoms with E-state index >= 15 is 0 Å². The van der Waals surface area contributed by atoms with E-state index in [0.29, 0.717) is 17.0 Å². The Morgan fingerprint density at radius 2 is 1.97 bits per heavy atom. The van der Waals surface area contributed by atoms with Crippen molar-refractivity contribution in [1.29, 1.82) is 0 Å². The summed E-state index contributed by atoms with van der Waals surface area (Å²) in [5, 5.41) is 5.14. The van der Waals surface area contributed by atoms with Gasteiger partial charge in [0.2, 0.25) is 5.91 Å². The molecule has 3 amide bonds. The molecular formula is C22H24ClN3O6. The fraction of sp³-hybridized carbons (Fsp3) is 0.545. The number of amides is 3. The number of likely N-dealkylation sites (tertiary alicyclic amines) is 1. The van der Waals surface area contributed by atoms with E-state index in [1.807, 2.05) is 0 Å². The molecule has 2 saturated heterocycles. The number of fused-ring (bicyclic) bond motifs is 2. The van der Waals surface area contributed by atoms with Gasteiger partial charge >= 0.3 is 0 Å². The summed E-state index contributed by atoms with van der Waals surface area (Å²) < 4.78 is 10.9. The van der Waals surface area contributed by atoms with Gasteiger partial charge in [0.25, 0.3) is 11.8 Å². The van der Waals surface area contributed by atoms with E-state index in [9.17, 15) is 19.2 Å². The van der Waals surface area contributed by atoms with Gasteiger partial charge in [-0.05, 0) is 37.0 Å². The van der Waals surface area contributed by atoms with Crippen LogP contribution in [-0.2, 0) is 19.1 Å². The third-order valence-corrected chi connectivity index (χ3v) is 7.09. The summed E-state index contributed by atoms with van der Waals surface area (Å²) in [4.78, 5) is 52.0. The monoisotopic (exact) mass is 461 g/mol. The highest BCUT2D eigenvalue weighted by atomic mass is 35.5. The second-order valence-electron chi connectivity index (χ2n) is 8.74. The second-order valence-corrected chi connectivity index (χ2v) is 9.30. The quantitative estimate of drug-likeness (QED) is 0.649. The molecule has 5 rings (SSSR count). The molecular weight excluding hydrogens is 438 g/mol. The lowest BCUT2D eigenvalue weighted by Gasteiger charge is -2.30. The number of halogens is 1. The van der Waals surface area contributed by atoms with E-state index < -0.39 is 29.5 Å². The van der Waals surface area contributed by atoms with Crippen molar-refractivity contribution in [1.82, 2.24) is 10.2 Å². The van der Waals surface area contributed by atoms with Crippen molar-refractivity contribution in [3.63, 3.8) is 0 Å². The van der Waals surface area contributed by atoms with Crippen molar-refractivity contribution >= 4 is 40.8 Å². The molecule has 0 bridgehead atoms. The van der Waals surface area contributed by atoms with Crippen molar-refractivity contribution in [2.45, 2.75) is 49.2 Å². The third kappa shape index (κ3) is 3.73. The first-order valence-corrected chi connectivity index (χ1v) is 11.3. The minimum atomic E-state index is -0.752. The van der Waals surface area contributed by atoms with Gasteiger partial charge < -0.3 is 25.0 Å². The number of Topliss-reactive ketones (excluding diaryl/α,β-unsaturated/α-hetero) is 1. The topological polar surface area (TPSA) is 114 Å². The number of rotatable bonds is 4. The van der Waals surface area contributed by atoms with Crippen LogP contribution in [0, 0.1) is 5.92 Å². The molecule has 3 heterocycles. The number of benzene rings is 1. The molecule has 0 spiro atoms. The molecule has 170 valence electrons. The molecule has 1 aromatic carbocycles. The van der Waals surface area contributed by atoms with Crippen molar-refractivity contribution in [2.24, 2.45) is 5.92 Å². The first kappa shape index (κ1) is 21.2. The number of hydrogen-bond donors (Lipinski definition) is 2. The number of alkyl halides is 1. The van der Waals surface area contributed by atoms with E-state index in [1.165, 1.54) is 4.90 Å². The lowest BCUT2D eigenvalue weighted by molar-refractivity contribution is -0.139. The smallest absolute Gasteiger partial charge is 0.262 e. The Balaban J connectivity index is 1.37. The molecule has 1 saturated carbocycles. The average molecular weight is 462 g/mol. The second kappa shape index (κ2) is 8.37. The molecule has 0 aromatic heterocycles. The SMILES string of the molecule is O=C1COc2cc(C(=O)N[C@H](C(=O)N3C[C@H](Cl)[C@H]4OCC(=O)[C@H]43)C3CCCC3)ccc2N1. The predicted octanol–water partition coefficient (Wildman–Crippen LogP) is 1.09. The average Bonchev–Trinajstić information content (AvgIpc) is 3.51. The summed E-state index contributed by atoms with van der Waals surface area (Å²) in [6.45, 7) is 0.0514. The van der Waals surface area contributed by atoms with Gasteiger partial charge in [-0.15, -0.1) is 11.6 Å². The minimum absolute atomic E-state index is 0.00938. The molecule has 2 N–H and O–H groups in total. The molecule has 1 aromatic rings. The number of carbonyl (C=O) groups excluding carboxylic acids is 4. The maximum Gasteiger partial charge on any atom is 0.262 e. The highest BCUT2D eigenvalue weighted by Crippen LogP contribution is 2.35. The molecule has 4 atom stereocenters. The number of nitrogens with zero attached hydrogens (tertiary/aromatic N) is 1. The molecule has 3 aliphatic heterocycles. The molecule has 9 nitrogen and oxygen atoms in total. The summed E-state index contributed by atoms with van der Waals surface area (Å²) >= 11 is 6.36. The Kier molecular flexibility index (Phi) is 5.54. The summed E-state index contributed by atoms with van der Waals surface area (Å²) in [6.07, 6.45) is 3.13. The van der Waals surface area contributed by atoms with E-state index in [4.69, 9.17) is 21.1 Å². The van der Waals surface area contributed by atoms with E-state index in [0.717, 1.165) is 25.7 Å². The Labute approximate surface area is 189 Å². The van der Waals surface area contributed by atoms with Crippen LogP contribution in [0.1, 0.15) is 36.0 Å². The summed E-state index contributed by atoms with van der Waals surface area (Å²) in [5.41, 5.74) is 0.822. The normalized spacial score (nSPS) is 28.0. The number of ketones is 1. The first-order chi connectivity index (χ1) is 15.4. The Morgan fingerprint density at radius 3 is 2.75 bits per heavy atom.